The summed E-state index contributed by atoms with van der Waals surface area (Å²) in [6.07, 6.45) is -3.73. The number of alkyl halides is 3. The van der Waals surface area contributed by atoms with E-state index in [1.807, 2.05) is 0 Å². The van der Waals surface area contributed by atoms with Crippen LogP contribution in [0.3, 0.4) is 0 Å². The molecule has 0 unspecified atom stereocenters. The van der Waals surface area contributed by atoms with E-state index in [-0.39, 0.29) is 16.0 Å². The number of amides is 1. The van der Waals surface area contributed by atoms with Gasteiger partial charge in [0.15, 0.2) is 5.13 Å². The van der Waals surface area contributed by atoms with Crippen LogP contribution in [0.25, 0.3) is 10.9 Å². The molecular formula is C15H10F3N3OS. The third-order valence-corrected chi connectivity index (χ3v) is 4.02. The summed E-state index contributed by atoms with van der Waals surface area (Å²) in [5, 5.41) is 4.21. The van der Waals surface area contributed by atoms with Crippen LogP contribution in [0.4, 0.5) is 18.3 Å². The molecule has 0 radical (unpaired) electrons. The van der Waals surface area contributed by atoms with Gasteiger partial charge in [0, 0.05) is 17.0 Å². The number of fused-ring (bicyclic) bond motifs is 1. The first kappa shape index (κ1) is 15.4. The first-order valence-electron chi connectivity index (χ1n) is 6.54. The van der Waals surface area contributed by atoms with Gasteiger partial charge in [-0.1, -0.05) is 18.2 Å². The number of carbonyl (C=O) groups excluding carboxylic acids is 1. The lowest BCUT2D eigenvalue weighted by molar-refractivity contribution is -0.136. The number of carbonyl (C=O) groups is 1. The molecule has 1 N–H and O–H groups in total. The van der Waals surface area contributed by atoms with E-state index in [1.165, 1.54) is 18.2 Å². The van der Waals surface area contributed by atoms with Gasteiger partial charge in [0.1, 0.15) is 0 Å². The standard InChI is InChI=1S/C15H10F3N3OS/c1-8-7-23-14(20-8)21-13(22)10-6-19-11-5-3-2-4-9(11)12(10)15(16,17)18/h2-7H,1H3,(H,20,21,22). The molecule has 2 aromatic heterocycles. The number of aryl methyl sites for hydroxylation is 1. The van der Waals surface area contributed by atoms with Crippen molar-refractivity contribution >= 4 is 33.3 Å². The number of aromatic nitrogens is 2. The summed E-state index contributed by atoms with van der Waals surface area (Å²) < 4.78 is 40.4. The number of nitrogens with zero attached hydrogens (tertiary/aromatic N) is 2. The molecular weight excluding hydrogens is 327 g/mol. The number of para-hydroxylation sites is 1. The predicted molar refractivity (Wildman–Crippen MR) is 81.5 cm³/mol. The minimum Gasteiger partial charge on any atom is -0.298 e. The molecule has 2 heterocycles. The third-order valence-electron chi connectivity index (χ3n) is 3.14. The van der Waals surface area contributed by atoms with Crippen molar-refractivity contribution in [3.05, 3.63) is 52.7 Å². The highest BCUT2D eigenvalue weighted by molar-refractivity contribution is 7.13. The minimum absolute atomic E-state index is 0.108. The summed E-state index contributed by atoms with van der Waals surface area (Å²) in [5.74, 6) is -0.884. The Kier molecular flexibility index (Phi) is 3.77. The fourth-order valence-corrected chi connectivity index (χ4v) is 2.88. The van der Waals surface area contributed by atoms with E-state index in [4.69, 9.17) is 0 Å². The monoisotopic (exact) mass is 337 g/mol. The maximum Gasteiger partial charge on any atom is 0.417 e. The molecule has 0 aliphatic rings. The third kappa shape index (κ3) is 3.02. The second-order valence-electron chi connectivity index (χ2n) is 4.81. The van der Waals surface area contributed by atoms with Gasteiger partial charge in [0.25, 0.3) is 5.91 Å². The van der Waals surface area contributed by atoms with Crippen LogP contribution in [0.1, 0.15) is 21.6 Å². The molecule has 1 amide bonds. The molecule has 3 aromatic rings. The van der Waals surface area contributed by atoms with Crippen LogP contribution in [0, 0.1) is 6.92 Å². The van der Waals surface area contributed by atoms with Crippen molar-refractivity contribution in [2.45, 2.75) is 13.1 Å². The Morgan fingerprint density at radius 1 is 1.26 bits per heavy atom. The van der Waals surface area contributed by atoms with Crippen molar-refractivity contribution < 1.29 is 18.0 Å². The zero-order chi connectivity index (χ0) is 16.6. The second kappa shape index (κ2) is 5.62. The topological polar surface area (TPSA) is 54.9 Å². The number of anilines is 1. The Bertz CT molecular complexity index is 889. The van der Waals surface area contributed by atoms with Gasteiger partial charge in [-0.15, -0.1) is 11.3 Å². The number of nitrogens with one attached hydrogen (secondary N) is 1. The van der Waals surface area contributed by atoms with Crippen molar-refractivity contribution in [1.82, 2.24) is 9.97 Å². The molecule has 0 fully saturated rings. The van der Waals surface area contributed by atoms with Gasteiger partial charge < -0.3 is 0 Å². The van der Waals surface area contributed by atoms with Crippen molar-refractivity contribution in [1.29, 1.82) is 0 Å². The van der Waals surface area contributed by atoms with Crippen molar-refractivity contribution in [2.24, 2.45) is 0 Å². The van der Waals surface area contributed by atoms with Crippen molar-refractivity contribution in [2.75, 3.05) is 5.32 Å². The number of pyridine rings is 1. The smallest absolute Gasteiger partial charge is 0.298 e. The lowest BCUT2D eigenvalue weighted by Gasteiger charge is -2.14. The van der Waals surface area contributed by atoms with Gasteiger partial charge in [0.2, 0.25) is 0 Å². The molecule has 0 spiro atoms. The maximum absolute atomic E-state index is 13.5. The number of rotatable bonds is 2. The van der Waals surface area contributed by atoms with E-state index in [2.05, 4.69) is 15.3 Å². The normalized spacial score (nSPS) is 11.7. The van der Waals surface area contributed by atoms with Crippen LogP contribution in [0.2, 0.25) is 0 Å². The Morgan fingerprint density at radius 2 is 2.00 bits per heavy atom. The number of halogens is 3. The summed E-state index contributed by atoms with van der Waals surface area (Å²) >= 11 is 1.14. The molecule has 23 heavy (non-hydrogen) atoms. The first-order valence-corrected chi connectivity index (χ1v) is 7.42. The van der Waals surface area contributed by atoms with E-state index in [9.17, 15) is 18.0 Å². The van der Waals surface area contributed by atoms with Gasteiger partial charge >= 0.3 is 6.18 Å². The highest BCUT2D eigenvalue weighted by atomic mass is 32.1. The summed E-state index contributed by atoms with van der Waals surface area (Å²) in [6.45, 7) is 1.73. The molecule has 0 saturated heterocycles. The summed E-state index contributed by atoms with van der Waals surface area (Å²) in [4.78, 5) is 20.2. The van der Waals surface area contributed by atoms with Crippen LogP contribution in [0.15, 0.2) is 35.8 Å². The second-order valence-corrected chi connectivity index (χ2v) is 5.67. The Labute approximate surface area is 133 Å². The largest absolute Gasteiger partial charge is 0.417 e. The SMILES string of the molecule is Cc1csc(NC(=O)c2cnc3ccccc3c2C(F)(F)F)n1. The number of thiazole rings is 1. The zero-order valence-corrected chi connectivity index (χ0v) is 12.6. The molecule has 0 bridgehead atoms. The molecule has 8 heteroatoms. The maximum atomic E-state index is 13.5. The van der Waals surface area contributed by atoms with Crippen LogP contribution in [-0.2, 0) is 6.18 Å². The average molecular weight is 337 g/mol. The highest BCUT2D eigenvalue weighted by Gasteiger charge is 2.37. The first-order chi connectivity index (χ1) is 10.9. The van der Waals surface area contributed by atoms with E-state index in [0.717, 1.165) is 17.5 Å². The summed E-state index contributed by atoms with van der Waals surface area (Å²) in [7, 11) is 0. The molecule has 0 aliphatic heterocycles. The number of benzene rings is 1. The summed E-state index contributed by atoms with van der Waals surface area (Å²) in [6, 6.07) is 5.84. The Balaban J connectivity index is 2.11. The predicted octanol–water partition coefficient (Wildman–Crippen LogP) is 4.27. The average Bonchev–Trinajstić information content (AvgIpc) is 2.90. The van der Waals surface area contributed by atoms with E-state index < -0.39 is 23.2 Å². The zero-order valence-electron chi connectivity index (χ0n) is 11.8. The van der Waals surface area contributed by atoms with E-state index in [1.54, 1.807) is 18.4 Å². The molecule has 3 rings (SSSR count). The molecule has 0 atom stereocenters. The lowest BCUT2D eigenvalue weighted by atomic mass is 10.0. The van der Waals surface area contributed by atoms with Gasteiger partial charge in [-0.3, -0.25) is 15.1 Å². The van der Waals surface area contributed by atoms with E-state index in [0.29, 0.717) is 5.69 Å². The molecule has 118 valence electrons. The Morgan fingerprint density at radius 3 is 2.65 bits per heavy atom. The molecule has 4 nitrogen and oxygen atoms in total. The minimum atomic E-state index is -4.67. The fraction of sp³-hybridized carbons (Fsp3) is 0.133. The molecule has 0 aliphatic carbocycles. The van der Waals surface area contributed by atoms with Crippen LogP contribution >= 0.6 is 11.3 Å². The number of hydrogen-bond acceptors (Lipinski definition) is 4. The molecule has 1 aromatic carbocycles. The summed E-state index contributed by atoms with van der Waals surface area (Å²) in [5.41, 5.74) is -0.655. The highest BCUT2D eigenvalue weighted by Crippen LogP contribution is 2.37. The van der Waals surface area contributed by atoms with Gasteiger partial charge in [-0.2, -0.15) is 13.2 Å². The van der Waals surface area contributed by atoms with Crippen LogP contribution in [0.5, 0.6) is 0 Å². The van der Waals surface area contributed by atoms with E-state index >= 15 is 0 Å². The van der Waals surface area contributed by atoms with Gasteiger partial charge in [-0.05, 0) is 13.0 Å². The quantitative estimate of drug-likeness (QED) is 0.760. The van der Waals surface area contributed by atoms with Gasteiger partial charge in [-0.25, -0.2) is 4.98 Å². The van der Waals surface area contributed by atoms with Crippen molar-refractivity contribution in [3.8, 4) is 0 Å². The number of hydrogen-bond donors (Lipinski definition) is 1. The Hall–Kier alpha value is -2.48. The van der Waals surface area contributed by atoms with Crippen LogP contribution < -0.4 is 5.32 Å². The fourth-order valence-electron chi connectivity index (χ4n) is 2.19. The molecule has 0 saturated carbocycles. The lowest BCUT2D eigenvalue weighted by Crippen LogP contribution is -2.19. The van der Waals surface area contributed by atoms with Crippen molar-refractivity contribution in [3.63, 3.8) is 0 Å². The van der Waals surface area contributed by atoms with Crippen LogP contribution in [-0.4, -0.2) is 15.9 Å². The van der Waals surface area contributed by atoms with Gasteiger partial charge in [0.05, 0.1) is 22.3 Å².